The van der Waals surface area contributed by atoms with Crippen molar-refractivity contribution in [1.29, 1.82) is 0 Å². The minimum Gasteiger partial charge on any atom is -0.395 e. The molecule has 1 heterocycles. The Morgan fingerprint density at radius 2 is 1.62 bits per heavy atom. The summed E-state index contributed by atoms with van der Waals surface area (Å²) in [7, 11) is -3.62. The van der Waals surface area contributed by atoms with Crippen molar-refractivity contribution in [3.05, 3.63) is 28.8 Å². The van der Waals surface area contributed by atoms with Crippen LogP contribution in [0.5, 0.6) is 0 Å². The Bertz CT molecular complexity index is 698. The highest BCUT2D eigenvalue weighted by atomic mass is 32.2. The summed E-state index contributed by atoms with van der Waals surface area (Å²) in [6, 6.07) is 3.93. The van der Waals surface area contributed by atoms with E-state index in [0.717, 1.165) is 11.1 Å². The highest BCUT2D eigenvalue weighted by Gasteiger charge is 2.34. The number of sulfonamides is 1. The molecule has 1 saturated heterocycles. The fourth-order valence-corrected chi connectivity index (χ4v) is 5.60. The van der Waals surface area contributed by atoms with Gasteiger partial charge < -0.3 is 10.4 Å². The molecule has 6 heteroatoms. The SMILES string of the molecule is CC(C)c1cc(C(C)C)c(S(=O)(=O)N2CCN[C@@H](CO)C2)c(C(C)C)c1. The van der Waals surface area contributed by atoms with E-state index in [1.807, 2.05) is 0 Å². The fraction of sp³-hybridized carbons (Fsp3) is 0.700. The molecule has 0 saturated carbocycles. The maximum Gasteiger partial charge on any atom is 0.243 e. The van der Waals surface area contributed by atoms with Crippen LogP contribution in [0.25, 0.3) is 0 Å². The number of benzene rings is 1. The Balaban J connectivity index is 2.65. The smallest absolute Gasteiger partial charge is 0.243 e. The van der Waals surface area contributed by atoms with Crippen LogP contribution in [0.15, 0.2) is 17.0 Å². The molecule has 0 unspecified atom stereocenters. The van der Waals surface area contributed by atoms with Crippen molar-refractivity contribution in [3.8, 4) is 0 Å². The number of piperazine rings is 1. The molecule has 148 valence electrons. The predicted octanol–water partition coefficient (Wildman–Crippen LogP) is 3.01. The zero-order chi connectivity index (χ0) is 19.6. The lowest BCUT2D eigenvalue weighted by atomic mass is 9.89. The van der Waals surface area contributed by atoms with Gasteiger partial charge in [0.25, 0.3) is 0 Å². The number of nitrogens with zero attached hydrogens (tertiary/aromatic N) is 1. The minimum atomic E-state index is -3.62. The Kier molecular flexibility index (Phi) is 6.88. The molecule has 1 aliphatic heterocycles. The van der Waals surface area contributed by atoms with Gasteiger partial charge in [0.1, 0.15) is 0 Å². The van der Waals surface area contributed by atoms with E-state index in [1.165, 1.54) is 9.87 Å². The lowest BCUT2D eigenvalue weighted by Gasteiger charge is -2.34. The van der Waals surface area contributed by atoms with Gasteiger partial charge in [-0.3, -0.25) is 0 Å². The van der Waals surface area contributed by atoms with Gasteiger partial charge in [-0.05, 0) is 34.4 Å². The fourth-order valence-electron chi connectivity index (χ4n) is 3.45. The molecule has 0 aromatic heterocycles. The van der Waals surface area contributed by atoms with Gasteiger partial charge in [-0.15, -0.1) is 0 Å². The minimum absolute atomic E-state index is 0.0631. The first-order valence-electron chi connectivity index (χ1n) is 9.61. The van der Waals surface area contributed by atoms with Crippen molar-refractivity contribution < 1.29 is 13.5 Å². The number of aliphatic hydroxyl groups excluding tert-OH is 1. The molecule has 0 bridgehead atoms. The first kappa shape index (κ1) is 21.4. The first-order valence-corrected chi connectivity index (χ1v) is 11.1. The maximum absolute atomic E-state index is 13.6. The number of hydrogen-bond acceptors (Lipinski definition) is 4. The van der Waals surface area contributed by atoms with Crippen LogP contribution in [-0.4, -0.2) is 50.1 Å². The van der Waals surface area contributed by atoms with E-state index in [2.05, 4.69) is 59.0 Å². The largest absolute Gasteiger partial charge is 0.395 e. The molecular weight excluding hydrogens is 348 g/mol. The molecule has 0 amide bonds. The average molecular weight is 383 g/mol. The maximum atomic E-state index is 13.6. The van der Waals surface area contributed by atoms with E-state index in [9.17, 15) is 13.5 Å². The quantitative estimate of drug-likeness (QED) is 0.793. The van der Waals surface area contributed by atoms with Crippen molar-refractivity contribution in [1.82, 2.24) is 9.62 Å². The van der Waals surface area contributed by atoms with Crippen LogP contribution in [0.2, 0.25) is 0 Å². The molecule has 2 N–H and O–H groups in total. The molecule has 1 aromatic carbocycles. The van der Waals surface area contributed by atoms with Crippen molar-refractivity contribution >= 4 is 10.0 Å². The van der Waals surface area contributed by atoms with Gasteiger partial charge in [0, 0.05) is 25.7 Å². The van der Waals surface area contributed by atoms with Crippen LogP contribution in [-0.2, 0) is 10.0 Å². The van der Waals surface area contributed by atoms with E-state index < -0.39 is 10.0 Å². The van der Waals surface area contributed by atoms with Crippen LogP contribution in [0.3, 0.4) is 0 Å². The highest BCUT2D eigenvalue weighted by molar-refractivity contribution is 7.89. The van der Waals surface area contributed by atoms with E-state index in [4.69, 9.17) is 0 Å². The van der Waals surface area contributed by atoms with Gasteiger partial charge in [0.15, 0.2) is 0 Å². The van der Waals surface area contributed by atoms with Crippen LogP contribution in [0, 0.1) is 0 Å². The second-order valence-electron chi connectivity index (χ2n) is 8.19. The number of rotatable bonds is 6. The number of hydrogen-bond donors (Lipinski definition) is 2. The topological polar surface area (TPSA) is 69.6 Å². The second kappa shape index (κ2) is 8.38. The zero-order valence-electron chi connectivity index (χ0n) is 16.9. The van der Waals surface area contributed by atoms with Gasteiger partial charge in [0.2, 0.25) is 10.0 Å². The lowest BCUT2D eigenvalue weighted by molar-refractivity contribution is 0.195. The van der Waals surface area contributed by atoms with E-state index in [1.54, 1.807) is 0 Å². The summed E-state index contributed by atoms with van der Waals surface area (Å²) in [5.74, 6) is 0.583. The molecule has 1 aliphatic rings. The van der Waals surface area contributed by atoms with Gasteiger partial charge in [-0.1, -0.05) is 53.7 Å². The van der Waals surface area contributed by atoms with Gasteiger partial charge in [0.05, 0.1) is 11.5 Å². The summed E-state index contributed by atoms with van der Waals surface area (Å²) >= 11 is 0. The molecule has 26 heavy (non-hydrogen) atoms. The van der Waals surface area contributed by atoms with Crippen molar-refractivity contribution in [2.75, 3.05) is 26.2 Å². The molecule has 0 radical (unpaired) electrons. The Labute approximate surface area is 158 Å². The van der Waals surface area contributed by atoms with Crippen molar-refractivity contribution in [2.24, 2.45) is 0 Å². The Morgan fingerprint density at radius 3 is 2.04 bits per heavy atom. The van der Waals surface area contributed by atoms with E-state index in [-0.39, 0.29) is 24.5 Å². The third kappa shape index (κ3) is 4.30. The zero-order valence-corrected chi connectivity index (χ0v) is 17.7. The van der Waals surface area contributed by atoms with Crippen molar-refractivity contribution in [3.63, 3.8) is 0 Å². The highest BCUT2D eigenvalue weighted by Crippen LogP contribution is 2.36. The molecular formula is C20H34N2O3S. The second-order valence-corrected chi connectivity index (χ2v) is 10.1. The lowest BCUT2D eigenvalue weighted by Crippen LogP contribution is -2.54. The summed E-state index contributed by atoms with van der Waals surface area (Å²) in [5, 5.41) is 12.6. The molecule has 1 aromatic rings. The molecule has 5 nitrogen and oxygen atoms in total. The van der Waals surface area contributed by atoms with E-state index >= 15 is 0 Å². The van der Waals surface area contributed by atoms with Crippen molar-refractivity contribution in [2.45, 2.75) is 70.2 Å². The Morgan fingerprint density at radius 1 is 1.08 bits per heavy atom. The van der Waals surface area contributed by atoms with Crippen LogP contribution in [0.4, 0.5) is 0 Å². The summed E-state index contributed by atoms with van der Waals surface area (Å²) < 4.78 is 28.7. The molecule has 1 fully saturated rings. The van der Waals surface area contributed by atoms with Gasteiger partial charge >= 0.3 is 0 Å². The molecule has 2 rings (SSSR count). The van der Waals surface area contributed by atoms with Crippen LogP contribution in [0.1, 0.15) is 76.0 Å². The third-order valence-corrected chi connectivity index (χ3v) is 7.11. The monoisotopic (exact) mass is 382 g/mol. The van der Waals surface area contributed by atoms with Crippen LogP contribution < -0.4 is 5.32 Å². The summed E-state index contributed by atoms with van der Waals surface area (Å²) in [6.45, 7) is 13.7. The number of nitrogens with one attached hydrogen (secondary N) is 1. The Hall–Kier alpha value is -0.950. The summed E-state index contributed by atoms with van der Waals surface area (Å²) in [6.07, 6.45) is 0. The molecule has 1 atom stereocenters. The average Bonchev–Trinajstić information content (AvgIpc) is 2.60. The standard InChI is InChI=1S/C20H34N2O3S/c1-13(2)16-9-18(14(3)4)20(19(10-16)15(5)6)26(24,25)22-8-7-21-17(11-22)12-23/h9-10,13-15,17,21,23H,7-8,11-12H2,1-6H3/t17-/m1/s1. The van der Waals surface area contributed by atoms with Gasteiger partial charge in [-0.2, -0.15) is 4.31 Å². The summed E-state index contributed by atoms with van der Waals surface area (Å²) in [4.78, 5) is 0.477. The molecule has 0 aliphatic carbocycles. The van der Waals surface area contributed by atoms with Crippen LogP contribution >= 0.6 is 0 Å². The first-order chi connectivity index (χ1) is 12.1. The van der Waals surface area contributed by atoms with E-state index in [0.29, 0.717) is 30.4 Å². The predicted molar refractivity (Wildman–Crippen MR) is 106 cm³/mol. The third-order valence-electron chi connectivity index (χ3n) is 5.12. The summed E-state index contributed by atoms with van der Waals surface area (Å²) in [5.41, 5.74) is 2.99. The molecule has 0 spiro atoms. The van der Waals surface area contributed by atoms with Gasteiger partial charge in [-0.25, -0.2) is 8.42 Å². The number of aliphatic hydroxyl groups is 1. The normalized spacial score (nSPS) is 19.7.